The van der Waals surface area contributed by atoms with E-state index in [0.29, 0.717) is 5.41 Å². The number of halogens is 2. The van der Waals surface area contributed by atoms with Gasteiger partial charge in [0, 0.05) is 0 Å². The molecule has 0 nitrogen and oxygen atoms in total. The Labute approximate surface area is 135 Å². The van der Waals surface area contributed by atoms with Gasteiger partial charge in [0.05, 0.1) is 0 Å². The molecule has 0 aliphatic heterocycles. The summed E-state index contributed by atoms with van der Waals surface area (Å²) < 4.78 is 3.63. The molecule has 3 heteroatoms. The Morgan fingerprint density at radius 2 is 1.50 bits per heavy atom. The molecule has 0 saturated heterocycles. The van der Waals surface area contributed by atoms with Crippen molar-refractivity contribution in [3.8, 4) is 0 Å². The van der Waals surface area contributed by atoms with Crippen LogP contribution in [-0.4, -0.2) is 0 Å². The van der Waals surface area contributed by atoms with Crippen LogP contribution >= 0.6 is 0 Å². The molecule has 0 spiro atoms. The quantitative estimate of drug-likeness (QED) is 0.454. The van der Waals surface area contributed by atoms with Gasteiger partial charge in [-0.05, 0) is 0 Å². The van der Waals surface area contributed by atoms with Gasteiger partial charge >= 0.3 is 111 Å². The van der Waals surface area contributed by atoms with Gasteiger partial charge in [-0.15, -0.1) is 0 Å². The second kappa shape index (κ2) is 7.26. The van der Waals surface area contributed by atoms with Gasteiger partial charge in [-0.1, -0.05) is 0 Å². The number of hydrogen-bond donors (Lipinski definition) is 0. The Kier molecular flexibility index (Phi) is 7.43. The normalized spacial score (nSPS) is 17.8. The van der Waals surface area contributed by atoms with Gasteiger partial charge < -0.3 is 24.8 Å². The minimum atomic E-state index is -0.718. The van der Waals surface area contributed by atoms with E-state index in [2.05, 4.69) is 52.0 Å². The van der Waals surface area contributed by atoms with Crippen LogP contribution < -0.4 is 24.8 Å². The van der Waals surface area contributed by atoms with Crippen LogP contribution in [0, 0.1) is 5.41 Å². The molecule has 0 aromatic rings. The third-order valence-corrected chi connectivity index (χ3v) is 9.23. The molecule has 0 saturated carbocycles. The van der Waals surface area contributed by atoms with Crippen LogP contribution in [0.25, 0.3) is 0 Å². The first-order valence-corrected chi connectivity index (χ1v) is 9.61. The van der Waals surface area contributed by atoms with Gasteiger partial charge in [-0.3, -0.25) is 0 Å². The fourth-order valence-electron chi connectivity index (χ4n) is 2.27. The van der Waals surface area contributed by atoms with E-state index >= 15 is 0 Å². The summed E-state index contributed by atoms with van der Waals surface area (Å²) in [5, 5.41) is 0. The molecule has 18 heavy (non-hydrogen) atoms. The summed E-state index contributed by atoms with van der Waals surface area (Å²) >= 11 is -0.718. The van der Waals surface area contributed by atoms with E-state index in [4.69, 9.17) is 0 Å². The van der Waals surface area contributed by atoms with Gasteiger partial charge in [0.15, 0.2) is 0 Å². The second-order valence-electron chi connectivity index (χ2n) is 5.64. The van der Waals surface area contributed by atoms with E-state index in [1.165, 1.54) is 12.8 Å². The molecule has 0 heterocycles. The predicted octanol–water partition coefficient (Wildman–Crippen LogP) is -1.43. The summed E-state index contributed by atoms with van der Waals surface area (Å²) in [6.45, 7) is 9.31. The SMILES string of the molecule is CC1=[C]([Hf+2][C]2=C(C(C)(C)C)C=CC2)CC=C1.[Cl-].[Cl-]. The van der Waals surface area contributed by atoms with Crippen molar-refractivity contribution >= 4 is 0 Å². The van der Waals surface area contributed by atoms with Crippen molar-refractivity contribution in [2.24, 2.45) is 5.41 Å². The molecule has 0 fully saturated rings. The summed E-state index contributed by atoms with van der Waals surface area (Å²) in [6.07, 6.45) is 11.9. The van der Waals surface area contributed by atoms with E-state index in [-0.39, 0.29) is 24.8 Å². The number of hydrogen-bond acceptors (Lipinski definition) is 0. The van der Waals surface area contributed by atoms with E-state index in [1.807, 2.05) is 3.33 Å². The maximum atomic E-state index is 2.38. The van der Waals surface area contributed by atoms with Crippen molar-refractivity contribution in [2.75, 3.05) is 0 Å². The van der Waals surface area contributed by atoms with Crippen molar-refractivity contribution in [1.82, 2.24) is 0 Å². The second-order valence-corrected chi connectivity index (χ2v) is 10.9. The molecule has 2 aliphatic rings. The molecule has 0 amide bonds. The van der Waals surface area contributed by atoms with Crippen LogP contribution in [0.5, 0.6) is 0 Å². The minimum absolute atomic E-state index is 0. The molecule has 2 aliphatic carbocycles. The van der Waals surface area contributed by atoms with Crippen LogP contribution in [0.2, 0.25) is 0 Å². The third kappa shape index (κ3) is 4.21. The minimum Gasteiger partial charge on any atom is -1.00 e. The Morgan fingerprint density at radius 1 is 0.944 bits per heavy atom. The molecule has 0 unspecified atom stereocenters. The van der Waals surface area contributed by atoms with Crippen LogP contribution in [0.4, 0.5) is 0 Å². The summed E-state index contributed by atoms with van der Waals surface area (Å²) in [6, 6.07) is 0. The molecule has 0 aromatic heterocycles. The maximum Gasteiger partial charge on any atom is -1.00 e. The predicted molar refractivity (Wildman–Crippen MR) is 66.7 cm³/mol. The van der Waals surface area contributed by atoms with Gasteiger partial charge in [-0.25, -0.2) is 0 Å². The van der Waals surface area contributed by atoms with Crippen LogP contribution in [-0.2, 0) is 22.9 Å². The molecule has 0 radical (unpaired) electrons. The van der Waals surface area contributed by atoms with E-state index in [9.17, 15) is 0 Å². The number of allylic oxidation sites excluding steroid dienone is 8. The average Bonchev–Trinajstić information content (AvgIpc) is 2.76. The fourth-order valence-corrected chi connectivity index (χ4v) is 8.30. The zero-order chi connectivity index (χ0) is 11.8. The van der Waals surface area contributed by atoms with Crippen LogP contribution in [0.1, 0.15) is 40.5 Å². The van der Waals surface area contributed by atoms with Crippen LogP contribution in [0.15, 0.2) is 42.1 Å². The molecule has 0 bridgehead atoms. The largest absolute Gasteiger partial charge is 1.00 e. The van der Waals surface area contributed by atoms with Gasteiger partial charge in [0.2, 0.25) is 0 Å². The standard InChI is InChI=1S/C9H13.C6H7.2ClH.Hf/c1-9(2,3)8-6-4-5-7-8;1-6-4-2-3-5-6;;;/h4,6H,5H2,1-3H3;2,4H,3H2,1H3;2*1H;/q;;;;+2/p-2. The van der Waals surface area contributed by atoms with Crippen LogP contribution in [0.3, 0.4) is 0 Å². The van der Waals surface area contributed by atoms with Gasteiger partial charge in [-0.2, -0.15) is 0 Å². The van der Waals surface area contributed by atoms with Gasteiger partial charge in [0.25, 0.3) is 0 Å². The van der Waals surface area contributed by atoms with Crippen molar-refractivity contribution in [3.63, 3.8) is 0 Å². The summed E-state index contributed by atoms with van der Waals surface area (Å²) in [4.78, 5) is 0. The first-order chi connectivity index (χ1) is 7.48. The molecular formula is C15H20Cl2Hf. The number of rotatable bonds is 2. The van der Waals surface area contributed by atoms with E-state index < -0.39 is 22.9 Å². The fraction of sp³-hybridized carbons (Fsp3) is 0.467. The topological polar surface area (TPSA) is 0 Å². The summed E-state index contributed by atoms with van der Waals surface area (Å²) in [7, 11) is 0. The van der Waals surface area contributed by atoms with Crippen molar-refractivity contribution in [1.29, 1.82) is 0 Å². The van der Waals surface area contributed by atoms with Crippen molar-refractivity contribution in [2.45, 2.75) is 40.5 Å². The van der Waals surface area contributed by atoms with E-state index in [0.717, 1.165) is 0 Å². The summed E-state index contributed by atoms with van der Waals surface area (Å²) in [5.41, 5.74) is 3.55. The Bertz CT molecular complexity index is 420. The Morgan fingerprint density at radius 3 is 2.00 bits per heavy atom. The van der Waals surface area contributed by atoms with E-state index in [1.54, 1.807) is 14.5 Å². The van der Waals surface area contributed by atoms with Crippen molar-refractivity contribution in [3.05, 3.63) is 42.1 Å². The zero-order valence-corrected chi connectivity index (χ0v) is 16.6. The monoisotopic (exact) mass is 450 g/mol. The molecule has 0 N–H and O–H groups in total. The first kappa shape index (κ1) is 18.4. The molecule has 2 rings (SSSR count). The Balaban J connectivity index is 0.00000144. The zero-order valence-electron chi connectivity index (χ0n) is 11.5. The molecular weight excluding hydrogens is 430 g/mol. The maximum absolute atomic E-state index is 2.38. The third-order valence-electron chi connectivity index (χ3n) is 3.21. The van der Waals surface area contributed by atoms with Crippen molar-refractivity contribution < 1.29 is 47.7 Å². The molecule has 0 atom stereocenters. The smallest absolute Gasteiger partial charge is 1.00 e. The average molecular weight is 450 g/mol. The Hall–Kier alpha value is 0.410. The first-order valence-electron chi connectivity index (χ1n) is 6.02. The summed E-state index contributed by atoms with van der Waals surface area (Å²) in [5.74, 6) is 0. The van der Waals surface area contributed by atoms with Gasteiger partial charge in [0.1, 0.15) is 0 Å². The molecule has 98 valence electrons. The molecule has 0 aromatic carbocycles.